The Bertz CT molecular complexity index is 1050. The van der Waals surface area contributed by atoms with Crippen LogP contribution in [0.3, 0.4) is 0 Å². The van der Waals surface area contributed by atoms with Gasteiger partial charge in [-0.1, -0.05) is 19.1 Å². The highest BCUT2D eigenvalue weighted by Gasteiger charge is 2.27. The molecule has 2 N–H and O–H groups in total. The standard InChI is InChI=1S/C23H27N3O4S/c1-17-13-15-26(16-14-17)31(29,30)21-10-8-20(9-11-21)25-22(27)12-5-18-3-6-19(7-4-18)23(28)24-2/h3-12,17H,13-16H2,1-2H3,(H,24,28)(H,25,27)/b12-5+. The maximum Gasteiger partial charge on any atom is 0.251 e. The van der Waals surface area contributed by atoms with E-state index in [0.29, 0.717) is 30.3 Å². The van der Waals surface area contributed by atoms with Crippen molar-refractivity contribution in [1.29, 1.82) is 0 Å². The molecule has 0 aliphatic carbocycles. The molecule has 164 valence electrons. The van der Waals surface area contributed by atoms with Crippen LogP contribution in [0, 0.1) is 5.92 Å². The highest BCUT2D eigenvalue weighted by molar-refractivity contribution is 7.89. The molecule has 2 amide bonds. The Morgan fingerprint density at radius 1 is 1.00 bits per heavy atom. The summed E-state index contributed by atoms with van der Waals surface area (Å²) >= 11 is 0. The van der Waals surface area contributed by atoms with Crippen LogP contribution in [0.25, 0.3) is 6.08 Å². The number of carbonyl (C=O) groups excluding carboxylic acids is 2. The van der Waals surface area contributed by atoms with Gasteiger partial charge < -0.3 is 10.6 Å². The van der Waals surface area contributed by atoms with Crippen LogP contribution in [-0.2, 0) is 14.8 Å². The number of carbonyl (C=O) groups is 2. The van der Waals surface area contributed by atoms with Crippen LogP contribution in [0.15, 0.2) is 59.5 Å². The first-order chi connectivity index (χ1) is 14.8. The lowest BCUT2D eigenvalue weighted by Crippen LogP contribution is -2.37. The summed E-state index contributed by atoms with van der Waals surface area (Å²) in [4.78, 5) is 24.0. The van der Waals surface area contributed by atoms with E-state index < -0.39 is 10.0 Å². The van der Waals surface area contributed by atoms with Crippen LogP contribution in [0.1, 0.15) is 35.7 Å². The number of sulfonamides is 1. The molecule has 3 rings (SSSR count). The van der Waals surface area contributed by atoms with Gasteiger partial charge in [0.2, 0.25) is 15.9 Å². The molecule has 31 heavy (non-hydrogen) atoms. The SMILES string of the molecule is CNC(=O)c1ccc(/C=C/C(=O)Nc2ccc(S(=O)(=O)N3CCC(C)CC3)cc2)cc1. The van der Waals surface area contributed by atoms with Gasteiger partial charge in [-0.2, -0.15) is 4.31 Å². The zero-order valence-electron chi connectivity index (χ0n) is 17.7. The van der Waals surface area contributed by atoms with Crippen LogP contribution in [0.4, 0.5) is 5.69 Å². The second-order valence-corrected chi connectivity index (χ2v) is 9.57. The third-order valence-corrected chi connectivity index (χ3v) is 7.24. The maximum atomic E-state index is 12.8. The molecule has 0 unspecified atom stereocenters. The van der Waals surface area contributed by atoms with E-state index in [1.807, 2.05) is 0 Å². The van der Waals surface area contributed by atoms with Crippen molar-refractivity contribution in [3.63, 3.8) is 0 Å². The average Bonchev–Trinajstić information content (AvgIpc) is 2.78. The first-order valence-electron chi connectivity index (χ1n) is 10.2. The monoisotopic (exact) mass is 441 g/mol. The van der Waals surface area contributed by atoms with Crippen molar-refractivity contribution < 1.29 is 18.0 Å². The number of piperidine rings is 1. The van der Waals surface area contributed by atoms with Crippen molar-refractivity contribution in [3.05, 3.63) is 65.7 Å². The molecule has 0 saturated carbocycles. The van der Waals surface area contributed by atoms with Gasteiger partial charge >= 0.3 is 0 Å². The molecule has 2 aromatic rings. The summed E-state index contributed by atoms with van der Waals surface area (Å²) in [5.41, 5.74) is 1.83. The first-order valence-corrected chi connectivity index (χ1v) is 11.6. The van der Waals surface area contributed by atoms with Gasteiger partial charge in [0.1, 0.15) is 0 Å². The zero-order chi connectivity index (χ0) is 22.4. The number of nitrogens with zero attached hydrogens (tertiary/aromatic N) is 1. The summed E-state index contributed by atoms with van der Waals surface area (Å²) in [5, 5.41) is 5.27. The smallest absolute Gasteiger partial charge is 0.251 e. The minimum Gasteiger partial charge on any atom is -0.355 e. The normalized spacial score (nSPS) is 15.7. The second-order valence-electron chi connectivity index (χ2n) is 7.63. The molecule has 1 aliphatic heterocycles. The Kier molecular flexibility index (Phi) is 7.25. The molecule has 1 saturated heterocycles. The molecule has 2 aromatic carbocycles. The largest absolute Gasteiger partial charge is 0.355 e. The molecule has 1 heterocycles. The molecule has 0 radical (unpaired) electrons. The van der Waals surface area contributed by atoms with Crippen molar-refractivity contribution in [1.82, 2.24) is 9.62 Å². The van der Waals surface area contributed by atoms with Crippen LogP contribution < -0.4 is 10.6 Å². The molecule has 8 heteroatoms. The zero-order valence-corrected chi connectivity index (χ0v) is 18.5. The minimum atomic E-state index is -3.51. The summed E-state index contributed by atoms with van der Waals surface area (Å²) in [7, 11) is -1.94. The van der Waals surface area contributed by atoms with Crippen molar-refractivity contribution in [3.8, 4) is 0 Å². The van der Waals surface area contributed by atoms with Gasteiger partial charge in [0, 0.05) is 37.5 Å². The Hall–Kier alpha value is -2.97. The average molecular weight is 442 g/mol. The van der Waals surface area contributed by atoms with E-state index in [0.717, 1.165) is 18.4 Å². The van der Waals surface area contributed by atoms with Gasteiger partial charge in [-0.05, 0) is 66.8 Å². The van der Waals surface area contributed by atoms with Crippen molar-refractivity contribution in [2.75, 3.05) is 25.5 Å². The van der Waals surface area contributed by atoms with Gasteiger partial charge in [0.05, 0.1) is 4.90 Å². The van der Waals surface area contributed by atoms with Gasteiger partial charge in [0.15, 0.2) is 0 Å². The molecule has 1 fully saturated rings. The lowest BCUT2D eigenvalue weighted by molar-refractivity contribution is -0.111. The molecule has 0 atom stereocenters. The van der Waals surface area contributed by atoms with E-state index in [4.69, 9.17) is 0 Å². The molecule has 7 nitrogen and oxygen atoms in total. The summed E-state index contributed by atoms with van der Waals surface area (Å²) in [6.07, 6.45) is 4.76. The van der Waals surface area contributed by atoms with E-state index in [-0.39, 0.29) is 16.7 Å². The number of hydrogen-bond donors (Lipinski definition) is 2. The number of hydrogen-bond acceptors (Lipinski definition) is 4. The number of anilines is 1. The third kappa shape index (κ3) is 5.80. The fourth-order valence-electron chi connectivity index (χ4n) is 3.33. The van der Waals surface area contributed by atoms with Gasteiger partial charge in [-0.25, -0.2) is 8.42 Å². The van der Waals surface area contributed by atoms with Gasteiger partial charge in [0.25, 0.3) is 5.91 Å². The summed E-state index contributed by atoms with van der Waals surface area (Å²) in [5.74, 6) is 0.0375. The second kappa shape index (κ2) is 9.89. The summed E-state index contributed by atoms with van der Waals surface area (Å²) in [6.45, 7) is 3.21. The van der Waals surface area contributed by atoms with Crippen LogP contribution in [0.2, 0.25) is 0 Å². The molecular formula is C23H27N3O4S. The first kappa shape index (κ1) is 22.7. The van der Waals surface area contributed by atoms with Crippen molar-refractivity contribution in [2.24, 2.45) is 5.92 Å². The molecule has 1 aliphatic rings. The van der Waals surface area contributed by atoms with Crippen molar-refractivity contribution in [2.45, 2.75) is 24.7 Å². The topological polar surface area (TPSA) is 95.6 Å². The number of amides is 2. The number of nitrogens with one attached hydrogen (secondary N) is 2. The fourth-order valence-corrected chi connectivity index (χ4v) is 4.80. The van der Waals surface area contributed by atoms with Gasteiger partial charge in [-0.15, -0.1) is 0 Å². The third-order valence-electron chi connectivity index (χ3n) is 5.33. The molecular weight excluding hydrogens is 414 g/mol. The number of rotatable bonds is 6. The van der Waals surface area contributed by atoms with Gasteiger partial charge in [-0.3, -0.25) is 9.59 Å². The van der Waals surface area contributed by atoms with E-state index in [2.05, 4.69) is 17.6 Å². The quantitative estimate of drug-likeness (QED) is 0.674. The predicted octanol–water partition coefficient (Wildman–Crippen LogP) is 3.12. The summed E-state index contributed by atoms with van der Waals surface area (Å²) in [6, 6.07) is 13.1. The maximum absolute atomic E-state index is 12.8. The fraction of sp³-hybridized carbons (Fsp3) is 0.304. The van der Waals surface area contributed by atoms with E-state index in [1.165, 1.54) is 22.5 Å². The highest BCUT2D eigenvalue weighted by atomic mass is 32.2. The molecule has 0 bridgehead atoms. The Morgan fingerprint density at radius 3 is 2.19 bits per heavy atom. The van der Waals surface area contributed by atoms with E-state index in [9.17, 15) is 18.0 Å². The Labute approximate surface area is 183 Å². The molecule has 0 spiro atoms. The predicted molar refractivity (Wildman–Crippen MR) is 121 cm³/mol. The Balaban J connectivity index is 1.59. The molecule has 0 aromatic heterocycles. The highest BCUT2D eigenvalue weighted by Crippen LogP contribution is 2.24. The van der Waals surface area contributed by atoms with Crippen LogP contribution in [-0.4, -0.2) is 44.7 Å². The summed E-state index contributed by atoms with van der Waals surface area (Å²) < 4.78 is 27.1. The van der Waals surface area contributed by atoms with Crippen LogP contribution >= 0.6 is 0 Å². The van der Waals surface area contributed by atoms with E-state index in [1.54, 1.807) is 49.5 Å². The lowest BCUT2D eigenvalue weighted by Gasteiger charge is -2.29. The van der Waals surface area contributed by atoms with Crippen molar-refractivity contribution >= 4 is 33.6 Å². The lowest BCUT2D eigenvalue weighted by atomic mass is 10.0. The number of benzene rings is 2. The Morgan fingerprint density at radius 2 is 1.61 bits per heavy atom. The minimum absolute atomic E-state index is 0.173. The van der Waals surface area contributed by atoms with E-state index >= 15 is 0 Å². The van der Waals surface area contributed by atoms with Crippen LogP contribution in [0.5, 0.6) is 0 Å².